The third-order valence-electron chi connectivity index (χ3n) is 10.4. The smallest absolute Gasteiger partial charge is 0.418 e. The fraction of sp³-hybridized carbons (Fsp3) is 0.239. The number of rotatable bonds is 19. The van der Waals surface area contributed by atoms with Gasteiger partial charge in [0.2, 0.25) is 11.9 Å². The summed E-state index contributed by atoms with van der Waals surface area (Å²) < 4.78 is 51.2. The van der Waals surface area contributed by atoms with Crippen molar-refractivity contribution in [3.8, 4) is 11.5 Å². The number of thiazole rings is 1. The summed E-state index contributed by atoms with van der Waals surface area (Å²) >= 11 is 2.68. The molecule has 1 fully saturated rings. The molecule has 0 saturated carbocycles. The van der Waals surface area contributed by atoms with E-state index >= 15 is 0 Å². The topological polar surface area (TPSA) is 178 Å². The van der Waals surface area contributed by atoms with Gasteiger partial charge in [0.25, 0.3) is 17.8 Å². The minimum atomic E-state index is -5.00. The molecule has 17 heteroatoms. The fourth-order valence-electron chi connectivity index (χ4n) is 7.16. The number of thioether (sulfide) groups is 1. The summed E-state index contributed by atoms with van der Waals surface area (Å²) in [7, 11) is -5.00. The van der Waals surface area contributed by atoms with Crippen molar-refractivity contribution >= 4 is 50.9 Å². The molecule has 1 saturated heterocycles. The van der Waals surface area contributed by atoms with Crippen LogP contribution in [-0.2, 0) is 29.1 Å². The van der Waals surface area contributed by atoms with E-state index in [4.69, 9.17) is 14.3 Å². The van der Waals surface area contributed by atoms with Gasteiger partial charge in [-0.1, -0.05) is 126 Å². The molecule has 1 amide bonds. The maximum Gasteiger partial charge on any atom is 0.418 e. The first-order valence-corrected chi connectivity index (χ1v) is 23.4. The molecule has 0 spiro atoms. The van der Waals surface area contributed by atoms with Gasteiger partial charge >= 0.3 is 10.4 Å². The molecule has 2 aromatic heterocycles. The van der Waals surface area contributed by atoms with Gasteiger partial charge in [0.05, 0.1) is 22.5 Å². The number of hydrogen-bond acceptors (Lipinski definition) is 13. The van der Waals surface area contributed by atoms with Crippen LogP contribution in [0.1, 0.15) is 77.2 Å². The molecule has 326 valence electrons. The van der Waals surface area contributed by atoms with Crippen molar-refractivity contribution in [3.05, 3.63) is 178 Å². The number of Topliss-reactive ketones (excluding diaryl/α,β-unsaturated/α-hetero) is 1. The van der Waals surface area contributed by atoms with Gasteiger partial charge in [0.1, 0.15) is 17.9 Å². The van der Waals surface area contributed by atoms with Crippen LogP contribution >= 0.6 is 23.1 Å². The van der Waals surface area contributed by atoms with Crippen LogP contribution < -0.4 is 14.2 Å². The molecule has 1 aliphatic rings. The highest BCUT2D eigenvalue weighted by Crippen LogP contribution is 2.42. The highest BCUT2D eigenvalue weighted by atomic mass is 32.3. The number of aryl methyl sites for hydroxylation is 1. The van der Waals surface area contributed by atoms with E-state index in [0.29, 0.717) is 10.1 Å². The number of β-lactam (4-membered cyclic amide) rings is 1. The van der Waals surface area contributed by atoms with E-state index in [1.807, 2.05) is 128 Å². The molecule has 14 nitrogen and oxygen atoms in total. The summed E-state index contributed by atoms with van der Waals surface area (Å²) in [6.07, 6.45) is 0.647. The van der Waals surface area contributed by atoms with Gasteiger partial charge in [0, 0.05) is 22.3 Å². The van der Waals surface area contributed by atoms with Gasteiger partial charge in [-0.15, -0.1) is 15.6 Å². The fourth-order valence-corrected chi connectivity index (χ4v) is 8.75. The molecule has 1 unspecified atom stereocenters. The number of hydrogen-bond donors (Lipinski definition) is 2. The number of ketones is 1. The quantitative estimate of drug-likeness (QED) is 0.0200. The van der Waals surface area contributed by atoms with Gasteiger partial charge in [-0.2, -0.15) is 25.2 Å². The predicted molar refractivity (Wildman–Crippen MR) is 237 cm³/mol. The van der Waals surface area contributed by atoms with Crippen molar-refractivity contribution in [3.63, 3.8) is 0 Å². The average molecular weight is 910 g/mol. The second-order valence-corrected chi connectivity index (χ2v) is 18.1. The Kier molecular flexibility index (Phi) is 13.9. The molecule has 6 aromatic rings. The zero-order chi connectivity index (χ0) is 44.7. The monoisotopic (exact) mass is 909 g/mol. The number of benzene rings is 4. The molecule has 2 N–H and O–H groups in total. The number of nitrogens with zero attached hydrogens (tertiary/aromatic N) is 4. The van der Waals surface area contributed by atoms with Gasteiger partial charge in [0.15, 0.2) is 17.2 Å². The largest absolute Gasteiger partial charge is 0.477 e. The highest BCUT2D eigenvalue weighted by Gasteiger charge is 2.57. The Morgan fingerprint density at radius 3 is 1.79 bits per heavy atom. The van der Waals surface area contributed by atoms with Crippen LogP contribution in [0.4, 0.5) is 0 Å². The molecular formula is C46H45N4O10S3+. The summed E-state index contributed by atoms with van der Waals surface area (Å²) in [4.78, 5) is 37.7. The van der Waals surface area contributed by atoms with E-state index in [9.17, 15) is 27.8 Å². The molecule has 0 aliphatic carbocycles. The van der Waals surface area contributed by atoms with Gasteiger partial charge in [-0.05, 0) is 49.3 Å². The van der Waals surface area contributed by atoms with Crippen molar-refractivity contribution in [2.45, 2.75) is 51.0 Å². The van der Waals surface area contributed by atoms with Crippen molar-refractivity contribution in [2.75, 3.05) is 12.0 Å². The van der Waals surface area contributed by atoms with Crippen molar-refractivity contribution in [2.24, 2.45) is 11.1 Å². The van der Waals surface area contributed by atoms with Crippen LogP contribution in [0.5, 0.6) is 11.5 Å². The van der Waals surface area contributed by atoms with Crippen LogP contribution in [0, 0.1) is 12.8 Å². The summed E-state index contributed by atoms with van der Waals surface area (Å²) in [5.41, 5.74) is 2.40. The molecule has 4 aromatic carbocycles. The van der Waals surface area contributed by atoms with Crippen LogP contribution in [0.25, 0.3) is 0 Å². The minimum absolute atomic E-state index is 0.189. The van der Waals surface area contributed by atoms with Gasteiger partial charge < -0.3 is 14.3 Å². The first-order valence-electron chi connectivity index (χ1n) is 19.7. The van der Waals surface area contributed by atoms with Crippen LogP contribution in [0.15, 0.2) is 144 Å². The number of carbonyl (C=O) groups excluding carboxylic acids is 2. The number of aromatic nitrogens is 2. The molecule has 2 atom stereocenters. The normalized spacial score (nSPS) is 15.5. The molecule has 63 heavy (non-hydrogen) atoms. The van der Waals surface area contributed by atoms with E-state index < -0.39 is 58.3 Å². The summed E-state index contributed by atoms with van der Waals surface area (Å²) in [5, 5.41) is 19.0. The molecule has 0 radical (unpaired) electrons. The number of amides is 1. The maximum atomic E-state index is 14.1. The summed E-state index contributed by atoms with van der Waals surface area (Å²) in [5.74, 6) is -1.72. The second-order valence-electron chi connectivity index (χ2n) is 15.1. The van der Waals surface area contributed by atoms with Crippen molar-refractivity contribution in [1.82, 2.24) is 10.0 Å². The van der Waals surface area contributed by atoms with Gasteiger partial charge in [-0.25, -0.2) is 4.98 Å². The lowest BCUT2D eigenvalue weighted by Gasteiger charge is -2.50. The number of ether oxygens (including phenoxy) is 2. The first-order chi connectivity index (χ1) is 30.2. The Bertz CT molecular complexity index is 2590. The molecule has 3 heterocycles. The van der Waals surface area contributed by atoms with Crippen LogP contribution in [-0.4, -0.2) is 63.2 Å². The Balaban J connectivity index is 1.29. The predicted octanol–water partition coefficient (Wildman–Crippen LogP) is 8.07. The Hall–Kier alpha value is -6.11. The average Bonchev–Trinajstić information content (AvgIpc) is 3.72. The molecular weight excluding hydrogens is 865 g/mol. The van der Waals surface area contributed by atoms with E-state index in [0.717, 1.165) is 27.0 Å². The van der Waals surface area contributed by atoms with Crippen molar-refractivity contribution in [1.29, 1.82) is 0 Å². The van der Waals surface area contributed by atoms with Gasteiger partial charge in [-0.3, -0.25) is 19.3 Å². The number of oxime groups is 1. The third kappa shape index (κ3) is 10.6. The van der Waals surface area contributed by atoms with Crippen molar-refractivity contribution < 1.29 is 51.1 Å². The van der Waals surface area contributed by atoms with E-state index in [-0.39, 0.29) is 34.4 Å². The summed E-state index contributed by atoms with van der Waals surface area (Å²) in [6, 6.07) is 40.5. The number of hydroxylamine groups is 2. The van der Waals surface area contributed by atoms with Crippen LogP contribution in [0.2, 0.25) is 0 Å². The third-order valence-corrected chi connectivity index (χ3v) is 12.1. The standard InChI is InChI=1S/C46H44N4O10S3/c1-30-47-36(28-62-30)42(38(51)25-35-45(52)50(46(35,2)3)60-63(54,55)56)48-59-41(29-61-4)37-26-39(57-43(31-17-9-5-10-18-31)32-19-11-6-12-20-32)40(27-49(37)53)58-44(33-21-13-7-14-22-33)34-23-15-8-16-24-34/h5-24,26-28,35,41,43-44H,25,29H2,1-4H3,(H-,53,54,55,56)/p+1/b48-42-/t35-,41?/m1/s1. The Morgan fingerprint density at radius 1 is 0.873 bits per heavy atom. The second kappa shape index (κ2) is 19.5. The Labute approximate surface area is 373 Å². The Morgan fingerprint density at radius 2 is 1.37 bits per heavy atom. The first kappa shape index (κ1) is 44.9. The van der Waals surface area contributed by atoms with E-state index in [2.05, 4.69) is 14.4 Å². The maximum absolute atomic E-state index is 14.1. The van der Waals surface area contributed by atoms with Crippen LogP contribution in [0.3, 0.4) is 0 Å². The minimum Gasteiger partial charge on any atom is -0.477 e. The zero-order valence-electron chi connectivity index (χ0n) is 34.7. The zero-order valence-corrected chi connectivity index (χ0v) is 37.1. The molecule has 7 rings (SSSR count). The SMILES string of the molecule is CSCC(O/N=C(\C(=O)C[C@@H]1C(=O)N(OS(=O)(=O)O)C1(C)C)c1csc(C)n1)c1cc(OC(c2ccccc2)c2ccccc2)c(OC(c2ccccc2)c2ccccc2)c[n+]1O. The van der Waals surface area contributed by atoms with E-state index in [1.165, 1.54) is 43.1 Å². The molecule has 1 aliphatic heterocycles. The highest BCUT2D eigenvalue weighted by molar-refractivity contribution is 7.98. The lowest BCUT2D eigenvalue weighted by Crippen LogP contribution is -2.68. The lowest BCUT2D eigenvalue weighted by molar-refractivity contribution is -0.911. The number of carbonyl (C=O) groups is 2. The van der Waals surface area contributed by atoms with E-state index in [1.54, 1.807) is 18.4 Å². The number of pyridine rings is 1. The molecule has 0 bridgehead atoms. The lowest BCUT2D eigenvalue weighted by atomic mass is 9.74. The summed E-state index contributed by atoms with van der Waals surface area (Å²) in [6.45, 7) is 4.76.